The molecule has 0 saturated heterocycles. The quantitative estimate of drug-likeness (QED) is 0.862. The molecule has 0 spiro atoms. The van der Waals surface area contributed by atoms with Crippen molar-refractivity contribution in [1.82, 2.24) is 0 Å². The number of carbonyl (C=O) groups excluding carboxylic acids is 1. The fourth-order valence-electron chi connectivity index (χ4n) is 2.03. The summed E-state index contributed by atoms with van der Waals surface area (Å²) in [6.45, 7) is 2.38. The number of benzene rings is 2. The normalized spacial score (nSPS) is 11.1. The van der Waals surface area contributed by atoms with Gasteiger partial charge in [-0.25, -0.2) is 0 Å². The van der Waals surface area contributed by atoms with E-state index in [9.17, 15) is 18.0 Å². The molecule has 23 heavy (non-hydrogen) atoms. The van der Waals surface area contributed by atoms with E-state index in [0.29, 0.717) is 18.0 Å². The van der Waals surface area contributed by atoms with Crippen LogP contribution in [0.2, 0.25) is 0 Å². The highest BCUT2D eigenvalue weighted by Gasteiger charge is 2.34. The van der Waals surface area contributed by atoms with Crippen LogP contribution in [0.5, 0.6) is 5.75 Å². The van der Waals surface area contributed by atoms with E-state index in [-0.39, 0.29) is 0 Å². The van der Waals surface area contributed by atoms with E-state index in [1.165, 1.54) is 12.1 Å². The van der Waals surface area contributed by atoms with Gasteiger partial charge in [0.2, 0.25) is 0 Å². The zero-order valence-corrected chi connectivity index (χ0v) is 12.5. The van der Waals surface area contributed by atoms with Crippen LogP contribution in [0.25, 0.3) is 0 Å². The highest BCUT2D eigenvalue weighted by molar-refractivity contribution is 6.06. The van der Waals surface area contributed by atoms with Crippen molar-refractivity contribution in [1.29, 1.82) is 0 Å². The van der Waals surface area contributed by atoms with Gasteiger partial charge in [0.25, 0.3) is 5.91 Å². The predicted molar refractivity (Wildman–Crippen MR) is 81.6 cm³/mol. The van der Waals surface area contributed by atoms with Gasteiger partial charge in [0, 0.05) is 0 Å². The van der Waals surface area contributed by atoms with E-state index in [0.717, 1.165) is 18.6 Å². The van der Waals surface area contributed by atoms with Crippen LogP contribution in [0.15, 0.2) is 48.5 Å². The molecule has 0 bridgehead atoms. The Hall–Kier alpha value is -2.50. The number of halogens is 3. The first-order valence-electron chi connectivity index (χ1n) is 7.13. The number of alkyl halides is 3. The standard InChI is InChI=1S/C17H16F3NO2/c1-2-11-23-15-10-6-5-9-14(15)21-16(22)12-7-3-4-8-13(12)17(18,19)20/h3-10H,2,11H2,1H3,(H,21,22). The average molecular weight is 323 g/mol. The summed E-state index contributed by atoms with van der Waals surface area (Å²) < 4.78 is 44.4. The number of para-hydroxylation sites is 2. The maximum absolute atomic E-state index is 13.0. The lowest BCUT2D eigenvalue weighted by molar-refractivity contribution is -0.137. The lowest BCUT2D eigenvalue weighted by Gasteiger charge is -2.14. The molecule has 1 amide bonds. The Balaban J connectivity index is 2.27. The van der Waals surface area contributed by atoms with Crippen molar-refractivity contribution >= 4 is 11.6 Å². The summed E-state index contributed by atoms with van der Waals surface area (Å²) in [6.07, 6.45) is -3.81. The minimum atomic E-state index is -4.59. The summed E-state index contributed by atoms with van der Waals surface area (Å²) in [4.78, 5) is 12.2. The zero-order chi connectivity index (χ0) is 16.9. The van der Waals surface area contributed by atoms with Gasteiger partial charge in [-0.05, 0) is 30.7 Å². The van der Waals surface area contributed by atoms with Gasteiger partial charge in [-0.15, -0.1) is 0 Å². The van der Waals surface area contributed by atoms with Gasteiger partial charge in [0.1, 0.15) is 5.75 Å². The first kappa shape index (κ1) is 16.9. The van der Waals surface area contributed by atoms with Gasteiger partial charge in [-0.3, -0.25) is 4.79 Å². The maximum Gasteiger partial charge on any atom is 0.417 e. The van der Waals surface area contributed by atoms with Gasteiger partial charge < -0.3 is 10.1 Å². The molecule has 122 valence electrons. The molecule has 2 rings (SSSR count). The molecule has 2 aromatic carbocycles. The molecule has 0 radical (unpaired) electrons. The molecular formula is C17H16F3NO2. The third-order valence-corrected chi connectivity index (χ3v) is 3.07. The molecule has 0 unspecified atom stereocenters. The molecule has 6 heteroatoms. The zero-order valence-electron chi connectivity index (χ0n) is 12.5. The van der Waals surface area contributed by atoms with Gasteiger partial charge in [0.05, 0.1) is 23.4 Å². The van der Waals surface area contributed by atoms with Crippen LogP contribution in [0, 0.1) is 0 Å². The Morgan fingerprint density at radius 2 is 1.74 bits per heavy atom. The van der Waals surface area contributed by atoms with Crippen molar-refractivity contribution in [3.05, 3.63) is 59.7 Å². The first-order valence-corrected chi connectivity index (χ1v) is 7.13. The van der Waals surface area contributed by atoms with E-state index in [4.69, 9.17) is 4.74 Å². The lowest BCUT2D eigenvalue weighted by Crippen LogP contribution is -2.19. The number of amides is 1. The minimum Gasteiger partial charge on any atom is -0.491 e. The van der Waals surface area contributed by atoms with Crippen molar-refractivity contribution in [3.63, 3.8) is 0 Å². The van der Waals surface area contributed by atoms with Crippen LogP contribution in [0.4, 0.5) is 18.9 Å². The summed E-state index contributed by atoms with van der Waals surface area (Å²) >= 11 is 0. The summed E-state index contributed by atoms with van der Waals surface area (Å²) in [5, 5.41) is 2.48. The second-order valence-corrected chi connectivity index (χ2v) is 4.84. The Labute approximate surface area is 132 Å². The topological polar surface area (TPSA) is 38.3 Å². The maximum atomic E-state index is 13.0. The average Bonchev–Trinajstić information content (AvgIpc) is 2.53. The van der Waals surface area contributed by atoms with Crippen molar-refractivity contribution < 1.29 is 22.7 Å². The molecule has 2 aromatic rings. The first-order chi connectivity index (χ1) is 10.9. The van der Waals surface area contributed by atoms with Crippen LogP contribution < -0.4 is 10.1 Å². The van der Waals surface area contributed by atoms with E-state index in [1.807, 2.05) is 6.92 Å². The van der Waals surface area contributed by atoms with E-state index >= 15 is 0 Å². The van der Waals surface area contributed by atoms with Gasteiger partial charge >= 0.3 is 6.18 Å². The molecule has 1 N–H and O–H groups in total. The smallest absolute Gasteiger partial charge is 0.417 e. The molecule has 0 aliphatic carbocycles. The second-order valence-electron chi connectivity index (χ2n) is 4.84. The fraction of sp³-hybridized carbons (Fsp3) is 0.235. The highest BCUT2D eigenvalue weighted by atomic mass is 19.4. The molecule has 3 nitrogen and oxygen atoms in total. The van der Waals surface area contributed by atoms with E-state index in [1.54, 1.807) is 24.3 Å². The monoisotopic (exact) mass is 323 g/mol. The summed E-state index contributed by atoms with van der Waals surface area (Å²) in [5.41, 5.74) is -1.06. The Bertz CT molecular complexity index is 684. The number of anilines is 1. The van der Waals surface area contributed by atoms with Crippen LogP contribution in [0.1, 0.15) is 29.3 Å². The van der Waals surface area contributed by atoms with Crippen molar-refractivity contribution in [2.45, 2.75) is 19.5 Å². The predicted octanol–water partition coefficient (Wildman–Crippen LogP) is 4.75. The van der Waals surface area contributed by atoms with Crippen LogP contribution >= 0.6 is 0 Å². The lowest BCUT2D eigenvalue weighted by atomic mass is 10.1. The van der Waals surface area contributed by atoms with Crippen molar-refractivity contribution in [2.75, 3.05) is 11.9 Å². The number of hydrogen-bond donors (Lipinski definition) is 1. The van der Waals surface area contributed by atoms with Crippen molar-refractivity contribution in [2.24, 2.45) is 0 Å². The largest absolute Gasteiger partial charge is 0.491 e. The Morgan fingerprint density at radius 3 is 2.43 bits per heavy atom. The molecule has 0 aliphatic rings. The molecule has 0 aliphatic heterocycles. The molecule has 0 aromatic heterocycles. The number of carbonyl (C=O) groups is 1. The van der Waals surface area contributed by atoms with Gasteiger partial charge in [0.15, 0.2) is 0 Å². The number of ether oxygens (including phenoxy) is 1. The molecule has 0 heterocycles. The summed E-state index contributed by atoms with van der Waals surface area (Å²) in [6, 6.07) is 11.3. The SMILES string of the molecule is CCCOc1ccccc1NC(=O)c1ccccc1C(F)(F)F. The van der Waals surface area contributed by atoms with Crippen LogP contribution in [-0.2, 0) is 6.18 Å². The minimum absolute atomic E-state index is 0.336. The summed E-state index contributed by atoms with van der Waals surface area (Å²) in [5.74, 6) is -0.405. The summed E-state index contributed by atoms with van der Waals surface area (Å²) in [7, 11) is 0. The molecule has 0 saturated carbocycles. The molecule has 0 fully saturated rings. The van der Waals surface area contributed by atoms with Crippen LogP contribution in [0.3, 0.4) is 0 Å². The van der Waals surface area contributed by atoms with E-state index < -0.39 is 23.2 Å². The number of nitrogens with one attached hydrogen (secondary N) is 1. The second kappa shape index (κ2) is 7.17. The molecular weight excluding hydrogens is 307 g/mol. The van der Waals surface area contributed by atoms with Gasteiger partial charge in [-0.1, -0.05) is 31.2 Å². The van der Waals surface area contributed by atoms with Crippen molar-refractivity contribution in [3.8, 4) is 5.75 Å². The number of hydrogen-bond acceptors (Lipinski definition) is 2. The fourth-order valence-corrected chi connectivity index (χ4v) is 2.03. The number of rotatable bonds is 5. The van der Waals surface area contributed by atoms with E-state index in [2.05, 4.69) is 5.32 Å². The van der Waals surface area contributed by atoms with Gasteiger partial charge in [-0.2, -0.15) is 13.2 Å². The highest BCUT2D eigenvalue weighted by Crippen LogP contribution is 2.32. The molecule has 0 atom stereocenters. The third kappa shape index (κ3) is 4.25. The third-order valence-electron chi connectivity index (χ3n) is 3.07. The Morgan fingerprint density at radius 1 is 1.09 bits per heavy atom. The van der Waals surface area contributed by atoms with Crippen LogP contribution in [-0.4, -0.2) is 12.5 Å². The Kier molecular flexibility index (Phi) is 5.26.